The first-order valence-corrected chi connectivity index (χ1v) is 7.54. The van der Waals surface area contributed by atoms with Crippen molar-refractivity contribution in [2.45, 2.75) is 5.60 Å². The van der Waals surface area contributed by atoms with Crippen LogP contribution in [0.4, 0.5) is 0 Å². The Hall–Kier alpha value is -3.45. The third-order valence-electron chi connectivity index (χ3n) is 4.19. The average molecular weight is 311 g/mol. The molecule has 0 amide bonds. The van der Waals surface area contributed by atoms with Gasteiger partial charge in [0.1, 0.15) is 0 Å². The molecule has 2 aromatic heterocycles. The van der Waals surface area contributed by atoms with Crippen LogP contribution in [0, 0.1) is 11.3 Å². The Labute approximate surface area is 139 Å². The van der Waals surface area contributed by atoms with Crippen molar-refractivity contribution in [3.63, 3.8) is 0 Å². The van der Waals surface area contributed by atoms with E-state index in [0.717, 1.165) is 22.3 Å². The van der Waals surface area contributed by atoms with Gasteiger partial charge in [-0.3, -0.25) is 9.97 Å². The summed E-state index contributed by atoms with van der Waals surface area (Å²) in [5.41, 5.74) is 3.82. The maximum atomic E-state index is 8.99. The molecule has 1 aliphatic rings. The van der Waals surface area contributed by atoms with E-state index in [4.69, 9.17) is 10.00 Å². The number of nitrogens with zero attached hydrogens (tertiary/aromatic N) is 3. The maximum Gasteiger partial charge on any atom is 0.190 e. The number of rotatable bonds is 3. The average Bonchev–Trinajstić information content (AvgIpc) is 2.64. The Morgan fingerprint density at radius 2 is 1.50 bits per heavy atom. The Balaban J connectivity index is 1.87. The van der Waals surface area contributed by atoms with Crippen molar-refractivity contribution in [2.75, 3.05) is 0 Å². The maximum absolute atomic E-state index is 8.99. The molecule has 0 saturated carbocycles. The standard InChI is InChI=1S/C20H13N3O/c21-11-15-5-7-16(8-6-15)19-14-24-20(19,17-3-1-9-22-12-17)18-4-2-10-23-13-18/h1-10,12-14H. The quantitative estimate of drug-likeness (QED) is 0.740. The van der Waals surface area contributed by atoms with E-state index >= 15 is 0 Å². The molecule has 0 aliphatic carbocycles. The van der Waals surface area contributed by atoms with Crippen molar-refractivity contribution < 1.29 is 4.74 Å². The first kappa shape index (κ1) is 14.2. The normalized spacial score (nSPS) is 14.7. The largest absolute Gasteiger partial charge is 0.480 e. The molecule has 0 unspecified atom stereocenters. The molecule has 0 N–H and O–H groups in total. The summed E-state index contributed by atoms with van der Waals surface area (Å²) in [5.74, 6) is 0. The van der Waals surface area contributed by atoms with Crippen LogP contribution in [0.15, 0.2) is 79.6 Å². The highest BCUT2D eigenvalue weighted by Crippen LogP contribution is 2.51. The summed E-state index contributed by atoms with van der Waals surface area (Å²) in [6, 6.07) is 17.4. The second-order valence-electron chi connectivity index (χ2n) is 5.50. The van der Waals surface area contributed by atoms with Gasteiger partial charge in [0, 0.05) is 41.5 Å². The molecular formula is C20H13N3O. The lowest BCUT2D eigenvalue weighted by Gasteiger charge is -2.42. The van der Waals surface area contributed by atoms with Crippen LogP contribution in [-0.4, -0.2) is 9.97 Å². The van der Waals surface area contributed by atoms with E-state index in [1.54, 1.807) is 18.7 Å². The fourth-order valence-electron chi connectivity index (χ4n) is 2.99. The molecule has 24 heavy (non-hydrogen) atoms. The number of pyridine rings is 2. The lowest BCUT2D eigenvalue weighted by Crippen LogP contribution is -2.37. The Bertz CT molecular complexity index is 887. The first-order valence-electron chi connectivity index (χ1n) is 7.54. The number of benzene rings is 1. The predicted octanol–water partition coefficient (Wildman–Crippen LogP) is 3.66. The summed E-state index contributed by atoms with van der Waals surface area (Å²) >= 11 is 0. The van der Waals surface area contributed by atoms with E-state index in [1.165, 1.54) is 0 Å². The molecule has 0 saturated heterocycles. The van der Waals surface area contributed by atoms with Crippen LogP contribution in [0.3, 0.4) is 0 Å². The zero-order valence-electron chi connectivity index (χ0n) is 12.8. The summed E-state index contributed by atoms with van der Waals surface area (Å²) in [4.78, 5) is 8.49. The number of hydrogen-bond donors (Lipinski definition) is 0. The minimum Gasteiger partial charge on any atom is -0.480 e. The Kier molecular flexibility index (Phi) is 3.33. The van der Waals surface area contributed by atoms with Gasteiger partial charge in [0.05, 0.1) is 17.9 Å². The predicted molar refractivity (Wildman–Crippen MR) is 89.5 cm³/mol. The zero-order chi connectivity index (χ0) is 16.4. The fraction of sp³-hybridized carbons (Fsp3) is 0.0500. The van der Waals surface area contributed by atoms with Crippen molar-refractivity contribution in [2.24, 2.45) is 0 Å². The van der Waals surface area contributed by atoms with Crippen LogP contribution in [0.1, 0.15) is 22.3 Å². The fourth-order valence-corrected chi connectivity index (χ4v) is 2.99. The van der Waals surface area contributed by atoms with Crippen molar-refractivity contribution in [1.29, 1.82) is 5.26 Å². The first-order chi connectivity index (χ1) is 11.8. The van der Waals surface area contributed by atoms with E-state index in [9.17, 15) is 0 Å². The number of nitriles is 1. The van der Waals surface area contributed by atoms with Crippen LogP contribution in [0.2, 0.25) is 0 Å². The van der Waals surface area contributed by atoms with E-state index in [1.807, 2.05) is 60.9 Å². The van der Waals surface area contributed by atoms with Crippen LogP contribution in [-0.2, 0) is 10.3 Å². The molecule has 3 aromatic rings. The van der Waals surface area contributed by atoms with Crippen molar-refractivity contribution in [1.82, 2.24) is 9.97 Å². The van der Waals surface area contributed by atoms with Gasteiger partial charge in [0.25, 0.3) is 0 Å². The summed E-state index contributed by atoms with van der Waals surface area (Å²) in [6.07, 6.45) is 8.85. The van der Waals surface area contributed by atoms with Crippen molar-refractivity contribution >= 4 is 5.57 Å². The summed E-state index contributed by atoms with van der Waals surface area (Å²) in [6.45, 7) is 0. The second kappa shape index (κ2) is 5.64. The topological polar surface area (TPSA) is 58.8 Å². The molecule has 3 heterocycles. The van der Waals surface area contributed by atoms with E-state index in [2.05, 4.69) is 16.0 Å². The van der Waals surface area contributed by atoms with Gasteiger partial charge >= 0.3 is 0 Å². The number of hydrogen-bond acceptors (Lipinski definition) is 4. The number of aromatic nitrogens is 2. The highest BCUT2D eigenvalue weighted by atomic mass is 16.5. The molecule has 114 valence electrons. The molecule has 4 heteroatoms. The summed E-state index contributed by atoms with van der Waals surface area (Å²) in [7, 11) is 0. The minimum atomic E-state index is -0.726. The van der Waals surface area contributed by atoms with E-state index in [-0.39, 0.29) is 0 Å². The third-order valence-corrected chi connectivity index (χ3v) is 4.19. The lowest BCUT2D eigenvalue weighted by molar-refractivity contribution is 0.0740. The molecule has 0 spiro atoms. The number of ether oxygens (including phenoxy) is 1. The summed E-state index contributed by atoms with van der Waals surface area (Å²) < 4.78 is 6.01. The van der Waals surface area contributed by atoms with Crippen LogP contribution in [0.25, 0.3) is 5.57 Å². The van der Waals surface area contributed by atoms with Crippen molar-refractivity contribution in [3.05, 3.63) is 102 Å². The third kappa shape index (κ3) is 2.07. The molecule has 0 bridgehead atoms. The molecule has 1 aliphatic heterocycles. The molecule has 0 radical (unpaired) electrons. The SMILES string of the molecule is N#Cc1ccc(C2=COC2(c2cccnc2)c2cccnc2)cc1. The van der Waals surface area contributed by atoms with Gasteiger partial charge in [-0.05, 0) is 29.8 Å². The smallest absolute Gasteiger partial charge is 0.190 e. The summed E-state index contributed by atoms with van der Waals surface area (Å²) in [5, 5.41) is 8.99. The van der Waals surface area contributed by atoms with Gasteiger partial charge < -0.3 is 4.74 Å². The van der Waals surface area contributed by atoms with Crippen molar-refractivity contribution in [3.8, 4) is 6.07 Å². The van der Waals surface area contributed by atoms with Crippen LogP contribution >= 0.6 is 0 Å². The van der Waals surface area contributed by atoms with E-state index < -0.39 is 5.60 Å². The monoisotopic (exact) mass is 311 g/mol. The molecule has 0 fully saturated rings. The second-order valence-corrected chi connectivity index (χ2v) is 5.50. The Morgan fingerprint density at radius 1 is 0.875 bits per heavy atom. The van der Waals surface area contributed by atoms with Gasteiger partial charge in [-0.15, -0.1) is 0 Å². The van der Waals surface area contributed by atoms with Gasteiger partial charge in [-0.2, -0.15) is 5.26 Å². The molecule has 0 atom stereocenters. The zero-order valence-corrected chi connectivity index (χ0v) is 12.8. The van der Waals surface area contributed by atoms with Gasteiger partial charge in [-0.25, -0.2) is 0 Å². The highest BCUT2D eigenvalue weighted by Gasteiger charge is 2.47. The molecule has 4 rings (SSSR count). The minimum absolute atomic E-state index is 0.632. The van der Waals surface area contributed by atoms with Gasteiger partial charge in [-0.1, -0.05) is 24.3 Å². The lowest BCUT2D eigenvalue weighted by atomic mass is 9.76. The van der Waals surface area contributed by atoms with Gasteiger partial charge in [0.2, 0.25) is 0 Å². The van der Waals surface area contributed by atoms with E-state index in [0.29, 0.717) is 5.56 Å². The Morgan fingerprint density at radius 3 is 1.92 bits per heavy atom. The van der Waals surface area contributed by atoms with Gasteiger partial charge in [0.15, 0.2) is 5.60 Å². The molecular weight excluding hydrogens is 298 g/mol. The highest BCUT2D eigenvalue weighted by molar-refractivity contribution is 5.81. The van der Waals surface area contributed by atoms with Crippen LogP contribution < -0.4 is 0 Å². The van der Waals surface area contributed by atoms with Crippen LogP contribution in [0.5, 0.6) is 0 Å². The molecule has 1 aromatic carbocycles. The molecule has 4 nitrogen and oxygen atoms in total.